The average molecular weight is 271 g/mol. The van der Waals surface area contributed by atoms with Gasteiger partial charge in [-0.1, -0.05) is 11.6 Å². The summed E-state index contributed by atoms with van der Waals surface area (Å²) >= 11 is 6.15. The van der Waals surface area contributed by atoms with Gasteiger partial charge in [-0.2, -0.15) is 4.98 Å². The first-order valence-corrected chi connectivity index (χ1v) is 6.54. The second-order valence-corrected chi connectivity index (χ2v) is 5.11. The first-order valence-electron chi connectivity index (χ1n) is 6.16. The molecular formula is C12H19ClN4O. The largest absolute Gasteiger partial charge is 0.467 e. The summed E-state index contributed by atoms with van der Waals surface area (Å²) in [7, 11) is 3.56. The van der Waals surface area contributed by atoms with Gasteiger partial charge in [-0.05, 0) is 25.7 Å². The Morgan fingerprint density at radius 2 is 2.06 bits per heavy atom. The van der Waals surface area contributed by atoms with Crippen LogP contribution in [0.25, 0.3) is 0 Å². The third-order valence-corrected chi connectivity index (χ3v) is 3.78. The van der Waals surface area contributed by atoms with E-state index < -0.39 is 0 Å². The van der Waals surface area contributed by atoms with Crippen molar-refractivity contribution < 1.29 is 4.74 Å². The third kappa shape index (κ3) is 2.84. The lowest BCUT2D eigenvalue weighted by molar-refractivity contribution is 0.371. The number of ether oxygens (including phenoxy) is 1. The lowest BCUT2D eigenvalue weighted by Crippen LogP contribution is -2.39. The number of aromatic nitrogens is 2. The molecule has 0 radical (unpaired) electrons. The van der Waals surface area contributed by atoms with Crippen molar-refractivity contribution in [3.63, 3.8) is 0 Å². The predicted molar refractivity (Wildman–Crippen MR) is 72.2 cm³/mol. The van der Waals surface area contributed by atoms with Gasteiger partial charge in [-0.15, -0.1) is 0 Å². The van der Waals surface area contributed by atoms with Crippen LogP contribution in [0.15, 0.2) is 6.20 Å². The molecule has 2 rings (SSSR count). The van der Waals surface area contributed by atoms with Gasteiger partial charge in [0.25, 0.3) is 0 Å². The minimum absolute atomic E-state index is 0.338. The highest BCUT2D eigenvalue weighted by atomic mass is 35.5. The zero-order chi connectivity index (χ0) is 13.1. The smallest absolute Gasteiger partial charge is 0.318 e. The van der Waals surface area contributed by atoms with E-state index in [4.69, 9.17) is 22.1 Å². The lowest BCUT2D eigenvalue weighted by atomic mass is 9.91. The summed E-state index contributed by atoms with van der Waals surface area (Å²) in [5.41, 5.74) is 5.92. The predicted octanol–water partition coefficient (Wildman–Crippen LogP) is 1.84. The summed E-state index contributed by atoms with van der Waals surface area (Å²) in [6.45, 7) is 0. The maximum absolute atomic E-state index is 6.15. The maximum atomic E-state index is 6.15. The van der Waals surface area contributed by atoms with Crippen molar-refractivity contribution in [1.82, 2.24) is 9.97 Å². The molecule has 0 saturated heterocycles. The van der Waals surface area contributed by atoms with Crippen LogP contribution in [0.3, 0.4) is 0 Å². The molecule has 1 aromatic rings. The van der Waals surface area contributed by atoms with Gasteiger partial charge in [0.2, 0.25) is 0 Å². The van der Waals surface area contributed by atoms with Crippen molar-refractivity contribution in [2.45, 2.75) is 37.8 Å². The molecule has 0 atom stereocenters. The summed E-state index contributed by atoms with van der Waals surface area (Å²) in [4.78, 5) is 10.4. The molecule has 0 bridgehead atoms. The highest BCUT2D eigenvalue weighted by molar-refractivity contribution is 6.32. The first-order chi connectivity index (χ1) is 8.61. The Kier molecular flexibility index (Phi) is 4.24. The van der Waals surface area contributed by atoms with Crippen LogP contribution in [-0.4, -0.2) is 36.2 Å². The number of nitrogens with two attached hydrogens (primary N) is 1. The number of nitrogens with zero attached hydrogens (tertiary/aromatic N) is 3. The van der Waals surface area contributed by atoms with Crippen molar-refractivity contribution in [1.29, 1.82) is 0 Å². The van der Waals surface area contributed by atoms with Crippen LogP contribution >= 0.6 is 11.6 Å². The molecule has 0 unspecified atom stereocenters. The van der Waals surface area contributed by atoms with E-state index in [1.807, 2.05) is 7.05 Å². The van der Waals surface area contributed by atoms with Gasteiger partial charge in [-0.3, -0.25) is 0 Å². The molecule has 1 aromatic heterocycles. The Labute approximate surface area is 112 Å². The van der Waals surface area contributed by atoms with E-state index in [2.05, 4.69) is 14.9 Å². The van der Waals surface area contributed by atoms with Gasteiger partial charge < -0.3 is 15.4 Å². The van der Waals surface area contributed by atoms with Crippen molar-refractivity contribution in [3.8, 4) is 6.01 Å². The average Bonchev–Trinajstić information content (AvgIpc) is 2.39. The first kappa shape index (κ1) is 13.4. The number of hydrogen-bond donors (Lipinski definition) is 1. The fourth-order valence-electron chi connectivity index (χ4n) is 2.35. The third-order valence-electron chi connectivity index (χ3n) is 3.51. The van der Waals surface area contributed by atoms with Crippen LogP contribution in [0.5, 0.6) is 6.01 Å². The zero-order valence-corrected chi connectivity index (χ0v) is 11.5. The van der Waals surface area contributed by atoms with Crippen LogP contribution < -0.4 is 15.4 Å². The van der Waals surface area contributed by atoms with E-state index in [0.29, 0.717) is 23.1 Å². The quantitative estimate of drug-likeness (QED) is 0.908. The second kappa shape index (κ2) is 5.71. The Bertz CT molecular complexity index is 407. The Morgan fingerprint density at radius 1 is 1.39 bits per heavy atom. The van der Waals surface area contributed by atoms with Crippen molar-refractivity contribution in [2.24, 2.45) is 5.73 Å². The van der Waals surface area contributed by atoms with Crippen LogP contribution in [0, 0.1) is 0 Å². The van der Waals surface area contributed by atoms with Gasteiger partial charge in [0.15, 0.2) is 5.82 Å². The Balaban J connectivity index is 2.14. The summed E-state index contributed by atoms with van der Waals surface area (Å²) in [6, 6.07) is 1.11. The van der Waals surface area contributed by atoms with Gasteiger partial charge in [-0.25, -0.2) is 4.98 Å². The molecule has 1 heterocycles. The zero-order valence-electron chi connectivity index (χ0n) is 10.8. The molecule has 1 aliphatic carbocycles. The van der Waals surface area contributed by atoms with E-state index in [9.17, 15) is 0 Å². The molecule has 1 fully saturated rings. The van der Waals surface area contributed by atoms with Crippen molar-refractivity contribution in [3.05, 3.63) is 11.2 Å². The highest BCUT2D eigenvalue weighted by Crippen LogP contribution is 2.29. The maximum Gasteiger partial charge on any atom is 0.318 e. The fourth-order valence-corrected chi connectivity index (χ4v) is 2.57. The second-order valence-electron chi connectivity index (χ2n) is 4.71. The highest BCUT2D eigenvalue weighted by Gasteiger charge is 2.24. The van der Waals surface area contributed by atoms with Crippen LogP contribution in [0.4, 0.5) is 5.82 Å². The molecule has 1 saturated carbocycles. The van der Waals surface area contributed by atoms with E-state index in [1.165, 1.54) is 0 Å². The summed E-state index contributed by atoms with van der Waals surface area (Å²) in [5, 5.41) is 0.549. The molecule has 2 N–H and O–H groups in total. The summed E-state index contributed by atoms with van der Waals surface area (Å²) in [5.74, 6) is 0.726. The normalized spacial score (nSPS) is 23.8. The van der Waals surface area contributed by atoms with Gasteiger partial charge in [0, 0.05) is 19.1 Å². The van der Waals surface area contributed by atoms with Gasteiger partial charge >= 0.3 is 6.01 Å². The molecule has 18 heavy (non-hydrogen) atoms. The van der Waals surface area contributed by atoms with E-state index >= 15 is 0 Å². The van der Waals surface area contributed by atoms with Crippen LogP contribution in [-0.2, 0) is 0 Å². The molecule has 0 spiro atoms. The van der Waals surface area contributed by atoms with E-state index in [-0.39, 0.29) is 0 Å². The topological polar surface area (TPSA) is 64.3 Å². The minimum Gasteiger partial charge on any atom is -0.467 e. The molecular weight excluding hydrogens is 252 g/mol. The number of rotatable bonds is 3. The van der Waals surface area contributed by atoms with Gasteiger partial charge in [0.05, 0.1) is 13.3 Å². The Hall–Kier alpha value is -1.07. The summed E-state index contributed by atoms with van der Waals surface area (Å²) in [6.07, 6.45) is 5.82. The molecule has 1 aliphatic rings. The molecule has 100 valence electrons. The van der Waals surface area contributed by atoms with Crippen LogP contribution in [0.2, 0.25) is 5.02 Å². The SMILES string of the molecule is COc1ncc(Cl)c(N(C)C2CCC(N)CC2)n1. The molecule has 0 aliphatic heterocycles. The molecule has 5 nitrogen and oxygen atoms in total. The Morgan fingerprint density at radius 3 is 2.67 bits per heavy atom. The molecule has 6 heteroatoms. The minimum atomic E-state index is 0.338. The standard InChI is InChI=1S/C12H19ClN4O/c1-17(9-5-3-8(14)4-6-9)11-10(13)7-15-12(16-11)18-2/h7-9H,3-6,14H2,1-2H3. The summed E-state index contributed by atoms with van der Waals surface area (Å²) < 4.78 is 5.04. The lowest BCUT2D eigenvalue weighted by Gasteiger charge is -2.34. The van der Waals surface area contributed by atoms with E-state index in [0.717, 1.165) is 31.5 Å². The number of hydrogen-bond acceptors (Lipinski definition) is 5. The molecule has 0 amide bonds. The van der Waals surface area contributed by atoms with E-state index in [1.54, 1.807) is 13.3 Å². The monoisotopic (exact) mass is 270 g/mol. The number of methoxy groups -OCH3 is 1. The number of anilines is 1. The van der Waals surface area contributed by atoms with Crippen LogP contribution in [0.1, 0.15) is 25.7 Å². The fraction of sp³-hybridized carbons (Fsp3) is 0.667. The van der Waals surface area contributed by atoms with Crippen molar-refractivity contribution >= 4 is 17.4 Å². The molecule has 0 aromatic carbocycles. The van der Waals surface area contributed by atoms with Gasteiger partial charge in [0.1, 0.15) is 5.02 Å². The number of halogens is 1. The van der Waals surface area contributed by atoms with Crippen molar-refractivity contribution in [2.75, 3.05) is 19.1 Å².